The highest BCUT2D eigenvalue weighted by Gasteiger charge is 2.16. The maximum absolute atomic E-state index is 12.4. The molecule has 2 aromatic rings. The summed E-state index contributed by atoms with van der Waals surface area (Å²) >= 11 is 11.9. The van der Waals surface area contributed by atoms with Crippen molar-refractivity contribution >= 4 is 39.8 Å². The third-order valence-electron chi connectivity index (χ3n) is 3.07. The molecule has 0 aliphatic heterocycles. The van der Waals surface area contributed by atoms with E-state index in [1.165, 1.54) is 6.07 Å². The Morgan fingerprint density at radius 3 is 2.48 bits per heavy atom. The minimum Gasteiger partial charge on any atom is -0.293 e. The van der Waals surface area contributed by atoms with E-state index < -0.39 is 10.8 Å². The molecule has 2 aromatic carbocycles. The standard InChI is InChI=1S/C16H14Cl2O2S/c1-10-3-6-16(11(2)7-10)21(20)9-15(19)13-8-12(17)4-5-14(13)18/h3-8H,9H2,1-2H3. The average molecular weight is 341 g/mol. The number of Topliss-reactive ketones (excluding diaryl/α,β-unsaturated/α-hetero) is 1. The van der Waals surface area contributed by atoms with E-state index in [1.54, 1.807) is 18.2 Å². The molecule has 0 spiro atoms. The van der Waals surface area contributed by atoms with Gasteiger partial charge in [-0.15, -0.1) is 0 Å². The van der Waals surface area contributed by atoms with Crippen LogP contribution >= 0.6 is 23.2 Å². The highest BCUT2D eigenvalue weighted by molar-refractivity contribution is 7.85. The first-order chi connectivity index (χ1) is 9.88. The van der Waals surface area contributed by atoms with Crippen molar-refractivity contribution in [3.8, 4) is 0 Å². The molecule has 1 atom stereocenters. The van der Waals surface area contributed by atoms with Crippen molar-refractivity contribution in [3.63, 3.8) is 0 Å². The Hall–Kier alpha value is -1.16. The van der Waals surface area contributed by atoms with E-state index in [0.717, 1.165) is 11.1 Å². The van der Waals surface area contributed by atoms with Gasteiger partial charge < -0.3 is 0 Å². The minimum atomic E-state index is -1.40. The molecule has 0 fully saturated rings. The molecule has 2 rings (SSSR count). The fourth-order valence-corrected chi connectivity index (χ4v) is 3.62. The zero-order chi connectivity index (χ0) is 15.6. The van der Waals surface area contributed by atoms with Gasteiger partial charge in [-0.2, -0.15) is 0 Å². The van der Waals surface area contributed by atoms with Gasteiger partial charge in [-0.05, 0) is 43.7 Å². The second-order valence-electron chi connectivity index (χ2n) is 4.81. The fourth-order valence-electron chi connectivity index (χ4n) is 2.04. The van der Waals surface area contributed by atoms with Crippen molar-refractivity contribution in [2.45, 2.75) is 18.7 Å². The number of hydrogen-bond acceptors (Lipinski definition) is 2. The van der Waals surface area contributed by atoms with Crippen LogP contribution in [0.1, 0.15) is 21.5 Å². The summed E-state index contributed by atoms with van der Waals surface area (Å²) in [6.45, 7) is 3.85. The second-order valence-corrected chi connectivity index (χ2v) is 7.07. The topological polar surface area (TPSA) is 34.1 Å². The van der Waals surface area contributed by atoms with E-state index in [-0.39, 0.29) is 11.5 Å². The van der Waals surface area contributed by atoms with Crippen LogP contribution in [0.15, 0.2) is 41.3 Å². The van der Waals surface area contributed by atoms with Crippen LogP contribution < -0.4 is 0 Å². The monoisotopic (exact) mass is 340 g/mol. The maximum atomic E-state index is 12.4. The summed E-state index contributed by atoms with van der Waals surface area (Å²) < 4.78 is 12.4. The summed E-state index contributed by atoms with van der Waals surface area (Å²) in [7, 11) is -1.40. The molecule has 0 aliphatic carbocycles. The van der Waals surface area contributed by atoms with E-state index >= 15 is 0 Å². The SMILES string of the molecule is Cc1ccc(S(=O)CC(=O)c2cc(Cl)ccc2Cl)c(C)c1. The normalized spacial score (nSPS) is 12.2. The van der Waals surface area contributed by atoms with Crippen LogP contribution in [0.5, 0.6) is 0 Å². The molecule has 0 radical (unpaired) electrons. The molecule has 110 valence electrons. The Bertz CT molecular complexity index is 726. The molecule has 1 unspecified atom stereocenters. The average Bonchev–Trinajstić information content (AvgIpc) is 2.41. The number of benzene rings is 2. The summed E-state index contributed by atoms with van der Waals surface area (Å²) in [6.07, 6.45) is 0. The molecule has 2 nitrogen and oxygen atoms in total. The van der Waals surface area contributed by atoms with Gasteiger partial charge >= 0.3 is 0 Å². The Morgan fingerprint density at radius 1 is 1.10 bits per heavy atom. The highest BCUT2D eigenvalue weighted by Crippen LogP contribution is 2.22. The van der Waals surface area contributed by atoms with Crippen molar-refractivity contribution in [2.24, 2.45) is 0 Å². The van der Waals surface area contributed by atoms with Crippen LogP contribution in [0.3, 0.4) is 0 Å². The van der Waals surface area contributed by atoms with Crippen LogP contribution in [0.2, 0.25) is 10.0 Å². The number of hydrogen-bond donors (Lipinski definition) is 0. The van der Waals surface area contributed by atoms with Crippen molar-refractivity contribution in [1.29, 1.82) is 0 Å². The number of carbonyl (C=O) groups is 1. The van der Waals surface area contributed by atoms with E-state index in [9.17, 15) is 9.00 Å². The number of carbonyl (C=O) groups excluding carboxylic acids is 1. The summed E-state index contributed by atoms with van der Waals surface area (Å²) in [5.41, 5.74) is 2.32. The van der Waals surface area contributed by atoms with E-state index in [1.807, 2.05) is 26.0 Å². The van der Waals surface area contributed by atoms with Gasteiger partial charge in [-0.1, -0.05) is 40.9 Å². The first-order valence-electron chi connectivity index (χ1n) is 6.32. The molecule has 0 amide bonds. The quantitative estimate of drug-likeness (QED) is 0.762. The lowest BCUT2D eigenvalue weighted by atomic mass is 10.1. The lowest BCUT2D eigenvalue weighted by molar-refractivity contribution is 0.102. The van der Waals surface area contributed by atoms with Gasteiger partial charge in [0.25, 0.3) is 0 Å². The van der Waals surface area contributed by atoms with Crippen molar-refractivity contribution in [1.82, 2.24) is 0 Å². The molecule has 0 heterocycles. The maximum Gasteiger partial charge on any atom is 0.177 e. The number of halogens is 2. The zero-order valence-corrected chi connectivity index (χ0v) is 14.0. The molecule has 0 saturated carbocycles. The van der Waals surface area contributed by atoms with Crippen molar-refractivity contribution in [2.75, 3.05) is 5.75 Å². The molecule has 0 saturated heterocycles. The highest BCUT2D eigenvalue weighted by atomic mass is 35.5. The van der Waals surface area contributed by atoms with Gasteiger partial charge in [0, 0.05) is 15.5 Å². The number of ketones is 1. The van der Waals surface area contributed by atoms with Crippen molar-refractivity contribution < 1.29 is 9.00 Å². The van der Waals surface area contributed by atoms with E-state index in [4.69, 9.17) is 23.2 Å². The van der Waals surface area contributed by atoms with Crippen molar-refractivity contribution in [3.05, 3.63) is 63.1 Å². The molecule has 0 bridgehead atoms. The third kappa shape index (κ3) is 3.94. The van der Waals surface area contributed by atoms with Gasteiger partial charge in [0.15, 0.2) is 5.78 Å². The molecule has 0 N–H and O–H groups in total. The number of aryl methyl sites for hydroxylation is 2. The molecular weight excluding hydrogens is 327 g/mol. The van der Waals surface area contributed by atoms with Crippen LogP contribution in [0.25, 0.3) is 0 Å². The van der Waals surface area contributed by atoms with Crippen LogP contribution in [-0.4, -0.2) is 15.7 Å². The lowest BCUT2D eigenvalue weighted by Gasteiger charge is -2.08. The Morgan fingerprint density at radius 2 is 1.81 bits per heavy atom. The largest absolute Gasteiger partial charge is 0.293 e. The molecular formula is C16H14Cl2O2S. The predicted octanol–water partition coefficient (Wildman–Crippen LogP) is 4.60. The predicted molar refractivity (Wildman–Crippen MR) is 88.0 cm³/mol. The van der Waals surface area contributed by atoms with Crippen LogP contribution in [0, 0.1) is 13.8 Å². The van der Waals surface area contributed by atoms with Crippen LogP contribution in [-0.2, 0) is 10.8 Å². The zero-order valence-electron chi connectivity index (χ0n) is 11.7. The molecule has 0 aliphatic rings. The summed E-state index contributed by atoms with van der Waals surface area (Å²) in [4.78, 5) is 12.9. The summed E-state index contributed by atoms with van der Waals surface area (Å²) in [6, 6.07) is 10.3. The van der Waals surface area contributed by atoms with Gasteiger partial charge in [-0.25, -0.2) is 0 Å². The van der Waals surface area contributed by atoms with Crippen LogP contribution in [0.4, 0.5) is 0 Å². The second kappa shape index (κ2) is 6.73. The molecule has 21 heavy (non-hydrogen) atoms. The summed E-state index contributed by atoms with van der Waals surface area (Å²) in [5, 5.41) is 0.752. The van der Waals surface area contributed by atoms with Gasteiger partial charge in [-0.3, -0.25) is 9.00 Å². The smallest absolute Gasteiger partial charge is 0.177 e. The minimum absolute atomic E-state index is 0.107. The Labute approximate surface area is 136 Å². The molecule has 0 aromatic heterocycles. The Balaban J connectivity index is 2.23. The Kier molecular flexibility index (Phi) is 5.20. The van der Waals surface area contributed by atoms with Gasteiger partial charge in [0.05, 0.1) is 21.6 Å². The van der Waals surface area contributed by atoms with Gasteiger partial charge in [0.2, 0.25) is 0 Å². The van der Waals surface area contributed by atoms with Gasteiger partial charge in [0.1, 0.15) is 0 Å². The third-order valence-corrected chi connectivity index (χ3v) is 5.10. The fraction of sp³-hybridized carbons (Fsp3) is 0.188. The molecule has 5 heteroatoms. The first kappa shape index (κ1) is 16.2. The number of rotatable bonds is 4. The van der Waals surface area contributed by atoms with E-state index in [2.05, 4.69) is 0 Å². The first-order valence-corrected chi connectivity index (χ1v) is 8.40. The van der Waals surface area contributed by atoms with E-state index in [0.29, 0.717) is 20.5 Å². The lowest BCUT2D eigenvalue weighted by Crippen LogP contribution is -2.12. The summed E-state index contributed by atoms with van der Waals surface area (Å²) in [5.74, 6) is -0.384.